The average molecular weight is 401 g/mol. The number of anilines is 1. The first-order valence-corrected chi connectivity index (χ1v) is 9.20. The Kier molecular flexibility index (Phi) is 5.17. The highest BCUT2D eigenvalue weighted by molar-refractivity contribution is 6.33. The van der Waals surface area contributed by atoms with Gasteiger partial charge in [-0.3, -0.25) is 9.59 Å². The molecule has 0 saturated carbocycles. The molecule has 1 aliphatic rings. The predicted octanol–water partition coefficient (Wildman–Crippen LogP) is 3.65. The molecule has 28 heavy (non-hydrogen) atoms. The fourth-order valence-electron chi connectivity index (χ4n) is 3.13. The molecule has 0 spiro atoms. The fourth-order valence-corrected chi connectivity index (χ4v) is 3.34. The summed E-state index contributed by atoms with van der Waals surface area (Å²) < 4.78 is 5.69. The molecule has 6 nitrogen and oxygen atoms in total. The maximum Gasteiger partial charge on any atom is 0.341 e. The summed E-state index contributed by atoms with van der Waals surface area (Å²) >= 11 is 6.10. The molecule has 1 unspecified atom stereocenters. The average Bonchev–Trinajstić information content (AvgIpc) is 2.85. The minimum Gasteiger partial charge on any atom is -0.440 e. The zero-order valence-electron chi connectivity index (χ0n) is 15.8. The molecule has 146 valence electrons. The van der Waals surface area contributed by atoms with Crippen LogP contribution in [0.3, 0.4) is 0 Å². The highest BCUT2D eigenvalue weighted by Crippen LogP contribution is 2.42. The van der Waals surface area contributed by atoms with E-state index in [1.807, 2.05) is 20.8 Å². The topological polar surface area (TPSA) is 84.5 Å². The number of para-hydroxylation sites is 1. The number of nitrogens with one attached hydrogen (secondary N) is 2. The number of halogens is 1. The van der Waals surface area contributed by atoms with Crippen molar-refractivity contribution in [3.05, 3.63) is 64.7 Å². The van der Waals surface area contributed by atoms with Gasteiger partial charge in [0.25, 0.3) is 5.91 Å². The molecule has 2 aromatic rings. The third-order valence-electron chi connectivity index (χ3n) is 4.26. The first-order chi connectivity index (χ1) is 13.1. The quantitative estimate of drug-likeness (QED) is 0.767. The van der Waals surface area contributed by atoms with Crippen molar-refractivity contribution >= 4 is 35.1 Å². The van der Waals surface area contributed by atoms with Gasteiger partial charge in [0, 0.05) is 16.8 Å². The van der Waals surface area contributed by atoms with Crippen molar-refractivity contribution in [3.8, 4) is 0 Å². The zero-order valence-corrected chi connectivity index (χ0v) is 16.6. The molecule has 0 aliphatic carbocycles. The minimum atomic E-state index is -1.78. The highest BCUT2D eigenvalue weighted by atomic mass is 35.5. The number of hydrogen-bond donors (Lipinski definition) is 2. The summed E-state index contributed by atoms with van der Waals surface area (Å²) in [7, 11) is 0. The maximum absolute atomic E-state index is 12.9. The number of hydrogen-bond acceptors (Lipinski definition) is 4. The summed E-state index contributed by atoms with van der Waals surface area (Å²) in [6, 6.07) is 13.2. The zero-order chi connectivity index (χ0) is 20.5. The van der Waals surface area contributed by atoms with E-state index in [9.17, 15) is 14.4 Å². The second kappa shape index (κ2) is 7.28. The fraction of sp³-hybridized carbons (Fsp3) is 0.286. The van der Waals surface area contributed by atoms with Gasteiger partial charge in [-0.2, -0.15) is 0 Å². The molecule has 2 amide bonds. The van der Waals surface area contributed by atoms with Gasteiger partial charge in [-0.15, -0.1) is 0 Å². The van der Waals surface area contributed by atoms with Gasteiger partial charge in [0.1, 0.15) is 0 Å². The minimum absolute atomic E-state index is 0.122. The molecule has 0 bridgehead atoms. The number of ether oxygens (including phenoxy) is 1. The molecule has 0 radical (unpaired) electrons. The smallest absolute Gasteiger partial charge is 0.341 e. The van der Waals surface area contributed by atoms with E-state index in [1.165, 1.54) is 6.07 Å². The van der Waals surface area contributed by atoms with Gasteiger partial charge < -0.3 is 15.4 Å². The van der Waals surface area contributed by atoms with E-state index >= 15 is 0 Å². The number of benzene rings is 2. The lowest BCUT2D eigenvalue weighted by Crippen LogP contribution is -2.47. The van der Waals surface area contributed by atoms with Crippen molar-refractivity contribution in [3.63, 3.8) is 0 Å². The van der Waals surface area contributed by atoms with E-state index in [2.05, 4.69) is 10.6 Å². The first-order valence-electron chi connectivity index (χ1n) is 8.82. The molecule has 1 aliphatic heterocycles. The van der Waals surface area contributed by atoms with Gasteiger partial charge in [0.05, 0.1) is 17.0 Å². The molecule has 0 fully saturated rings. The van der Waals surface area contributed by atoms with Gasteiger partial charge >= 0.3 is 5.97 Å². The summed E-state index contributed by atoms with van der Waals surface area (Å²) in [5.41, 5.74) is -1.22. The number of esters is 1. The van der Waals surface area contributed by atoms with Crippen LogP contribution >= 0.6 is 11.6 Å². The van der Waals surface area contributed by atoms with Crippen molar-refractivity contribution < 1.29 is 19.1 Å². The second-order valence-electron chi connectivity index (χ2n) is 7.67. The van der Waals surface area contributed by atoms with Crippen molar-refractivity contribution in [2.45, 2.75) is 38.3 Å². The summed E-state index contributed by atoms with van der Waals surface area (Å²) in [5.74, 6) is -1.76. The molecule has 1 heterocycles. The van der Waals surface area contributed by atoms with Gasteiger partial charge in [0.2, 0.25) is 11.5 Å². The Hall–Kier alpha value is -2.86. The SMILES string of the molecule is CC(C)(C)NC(=O)CC1(OC(=O)c2ccccc2Cl)C(=O)Nc2ccccc21. The third-order valence-corrected chi connectivity index (χ3v) is 4.59. The van der Waals surface area contributed by atoms with Gasteiger partial charge in [0.15, 0.2) is 0 Å². The summed E-state index contributed by atoms with van der Waals surface area (Å²) in [4.78, 5) is 38.4. The summed E-state index contributed by atoms with van der Waals surface area (Å²) in [6.45, 7) is 5.49. The Morgan fingerprint density at radius 1 is 1.11 bits per heavy atom. The van der Waals surface area contributed by atoms with E-state index in [4.69, 9.17) is 16.3 Å². The lowest BCUT2D eigenvalue weighted by atomic mass is 9.90. The van der Waals surface area contributed by atoms with Crippen LogP contribution in [0.25, 0.3) is 0 Å². The van der Waals surface area contributed by atoms with Crippen molar-refractivity contribution in [1.82, 2.24) is 5.32 Å². The van der Waals surface area contributed by atoms with Crippen LogP contribution in [0, 0.1) is 0 Å². The molecule has 3 rings (SSSR count). The van der Waals surface area contributed by atoms with E-state index in [0.29, 0.717) is 11.3 Å². The molecule has 0 aromatic heterocycles. The first kappa shape index (κ1) is 19.9. The number of carbonyl (C=O) groups is 3. The van der Waals surface area contributed by atoms with E-state index in [-0.39, 0.29) is 17.0 Å². The van der Waals surface area contributed by atoms with Gasteiger partial charge in [-0.25, -0.2) is 4.79 Å². The van der Waals surface area contributed by atoms with Gasteiger partial charge in [-0.1, -0.05) is 41.9 Å². The van der Waals surface area contributed by atoms with Crippen molar-refractivity contribution in [2.24, 2.45) is 0 Å². The van der Waals surface area contributed by atoms with Crippen LogP contribution in [0.15, 0.2) is 48.5 Å². The van der Waals surface area contributed by atoms with Crippen LogP contribution in [0.4, 0.5) is 5.69 Å². The highest BCUT2D eigenvalue weighted by Gasteiger charge is 2.52. The standard InChI is InChI=1S/C21H21ClN2O4/c1-20(2,3)24-17(25)12-21(14-9-5-7-11-16(14)23-19(21)27)28-18(26)13-8-4-6-10-15(13)22/h4-11H,12H2,1-3H3,(H,23,27)(H,24,25). The normalized spacial score (nSPS) is 18.2. The van der Waals surface area contributed by atoms with E-state index in [1.54, 1.807) is 42.5 Å². The van der Waals surface area contributed by atoms with Crippen LogP contribution in [-0.4, -0.2) is 23.3 Å². The number of amides is 2. The molecule has 0 saturated heterocycles. The lowest BCUT2D eigenvalue weighted by Gasteiger charge is -2.29. The van der Waals surface area contributed by atoms with Gasteiger partial charge in [-0.05, 0) is 39.0 Å². The lowest BCUT2D eigenvalue weighted by molar-refractivity contribution is -0.142. The molecule has 2 N–H and O–H groups in total. The summed E-state index contributed by atoms with van der Waals surface area (Å²) in [5, 5.41) is 5.71. The Morgan fingerprint density at radius 2 is 1.75 bits per heavy atom. The monoisotopic (exact) mass is 400 g/mol. The molecular formula is C21H21ClN2O4. The maximum atomic E-state index is 12.9. The van der Waals surface area contributed by atoms with Crippen LogP contribution in [0.5, 0.6) is 0 Å². The van der Waals surface area contributed by atoms with Crippen molar-refractivity contribution in [2.75, 3.05) is 5.32 Å². The van der Waals surface area contributed by atoms with Crippen LogP contribution < -0.4 is 10.6 Å². The number of rotatable bonds is 4. The van der Waals surface area contributed by atoms with Crippen LogP contribution in [-0.2, 0) is 19.9 Å². The molecular weight excluding hydrogens is 380 g/mol. The Morgan fingerprint density at radius 3 is 2.43 bits per heavy atom. The second-order valence-corrected chi connectivity index (χ2v) is 8.08. The Balaban J connectivity index is 2.01. The Bertz CT molecular complexity index is 951. The van der Waals surface area contributed by atoms with Crippen LogP contribution in [0.2, 0.25) is 5.02 Å². The molecule has 7 heteroatoms. The summed E-state index contributed by atoms with van der Waals surface area (Å²) in [6.07, 6.45) is -0.344. The largest absolute Gasteiger partial charge is 0.440 e. The molecule has 2 aromatic carbocycles. The number of fused-ring (bicyclic) bond motifs is 1. The third kappa shape index (κ3) is 3.87. The predicted molar refractivity (Wildman–Crippen MR) is 106 cm³/mol. The number of carbonyl (C=O) groups excluding carboxylic acids is 3. The molecule has 1 atom stereocenters. The van der Waals surface area contributed by atoms with Crippen molar-refractivity contribution in [1.29, 1.82) is 0 Å². The Labute approximate surface area is 168 Å². The van der Waals surface area contributed by atoms with Crippen LogP contribution in [0.1, 0.15) is 43.1 Å². The van der Waals surface area contributed by atoms with E-state index in [0.717, 1.165) is 0 Å². The van der Waals surface area contributed by atoms with E-state index < -0.39 is 28.9 Å².